The van der Waals surface area contributed by atoms with Gasteiger partial charge in [-0.2, -0.15) is 0 Å². The van der Waals surface area contributed by atoms with Crippen LogP contribution in [0.5, 0.6) is 0 Å². The van der Waals surface area contributed by atoms with Gasteiger partial charge in [0.2, 0.25) is 0 Å². The molecule has 0 spiro atoms. The molecule has 0 aromatic heterocycles. The molecule has 0 aliphatic rings. The summed E-state index contributed by atoms with van der Waals surface area (Å²) in [6.45, 7) is 0.555. The largest absolute Gasteiger partial charge is 0.378 e. The number of halogens is 1. The summed E-state index contributed by atoms with van der Waals surface area (Å²) < 4.78 is 0.901. The molecule has 4 nitrogen and oxygen atoms in total. The normalized spacial score (nSPS) is 12.1. The van der Waals surface area contributed by atoms with Crippen LogP contribution < -0.4 is 10.2 Å². The molecule has 0 saturated heterocycles. The van der Waals surface area contributed by atoms with Gasteiger partial charge in [-0.1, -0.05) is 34.1 Å². The van der Waals surface area contributed by atoms with E-state index in [0.717, 1.165) is 10.2 Å². The Kier molecular flexibility index (Phi) is 6.40. The standard InChI is InChI=1S/C19H24BrN3O/c1-22(2)17-10-8-14(9-11-17)18(23(3)4)13-21-19(24)15-6-5-7-16(20)12-15/h5-12,18H,13H2,1-4H3,(H,21,24)/t18-/m1/s1. The van der Waals surface area contributed by atoms with Crippen molar-refractivity contribution in [3.8, 4) is 0 Å². The number of carbonyl (C=O) groups is 1. The van der Waals surface area contributed by atoms with Crippen LogP contribution in [0, 0.1) is 0 Å². The van der Waals surface area contributed by atoms with Gasteiger partial charge in [0.25, 0.3) is 5.91 Å². The van der Waals surface area contributed by atoms with Gasteiger partial charge in [-0.05, 0) is 50.0 Å². The fraction of sp³-hybridized carbons (Fsp3) is 0.316. The molecular weight excluding hydrogens is 366 g/mol. The van der Waals surface area contributed by atoms with Crippen LogP contribution in [-0.2, 0) is 0 Å². The summed E-state index contributed by atoms with van der Waals surface area (Å²) in [4.78, 5) is 16.5. The highest BCUT2D eigenvalue weighted by molar-refractivity contribution is 9.10. The average molecular weight is 390 g/mol. The van der Waals surface area contributed by atoms with Crippen LogP contribution in [0.15, 0.2) is 53.0 Å². The Bertz CT molecular complexity index is 683. The molecule has 0 radical (unpaired) electrons. The second-order valence-electron chi connectivity index (χ2n) is 6.19. The van der Waals surface area contributed by atoms with Crippen LogP contribution in [-0.4, -0.2) is 45.5 Å². The van der Waals surface area contributed by atoms with Crippen molar-refractivity contribution in [1.29, 1.82) is 0 Å². The molecular formula is C19H24BrN3O. The van der Waals surface area contributed by atoms with E-state index in [4.69, 9.17) is 0 Å². The Balaban J connectivity index is 2.07. The molecule has 0 aliphatic heterocycles. The number of nitrogens with one attached hydrogen (secondary N) is 1. The molecule has 24 heavy (non-hydrogen) atoms. The van der Waals surface area contributed by atoms with Gasteiger partial charge in [0.1, 0.15) is 0 Å². The second kappa shape index (κ2) is 8.31. The fourth-order valence-electron chi connectivity index (χ4n) is 2.51. The minimum absolute atomic E-state index is 0.0620. The first-order valence-electron chi connectivity index (χ1n) is 7.86. The first-order valence-corrected chi connectivity index (χ1v) is 8.65. The molecule has 1 amide bonds. The van der Waals surface area contributed by atoms with Gasteiger partial charge in [-0.25, -0.2) is 0 Å². The third-order valence-electron chi connectivity index (χ3n) is 3.96. The van der Waals surface area contributed by atoms with Gasteiger partial charge < -0.3 is 15.1 Å². The van der Waals surface area contributed by atoms with Crippen molar-refractivity contribution in [3.05, 3.63) is 64.1 Å². The zero-order valence-corrected chi connectivity index (χ0v) is 16.2. The highest BCUT2D eigenvalue weighted by Gasteiger charge is 2.16. The maximum atomic E-state index is 12.3. The number of carbonyl (C=O) groups excluding carboxylic acids is 1. The molecule has 0 fully saturated rings. The molecule has 2 rings (SSSR count). The summed E-state index contributed by atoms with van der Waals surface area (Å²) in [5.74, 6) is -0.0620. The summed E-state index contributed by atoms with van der Waals surface area (Å²) in [6, 6.07) is 16.0. The van der Waals surface area contributed by atoms with Crippen molar-refractivity contribution in [2.45, 2.75) is 6.04 Å². The lowest BCUT2D eigenvalue weighted by atomic mass is 10.0. The summed E-state index contributed by atoms with van der Waals surface area (Å²) >= 11 is 3.40. The third kappa shape index (κ3) is 4.82. The quantitative estimate of drug-likeness (QED) is 0.820. The smallest absolute Gasteiger partial charge is 0.251 e. The highest BCUT2D eigenvalue weighted by Crippen LogP contribution is 2.21. The van der Waals surface area contributed by atoms with Gasteiger partial charge in [-0.15, -0.1) is 0 Å². The first kappa shape index (κ1) is 18.5. The van der Waals surface area contributed by atoms with Crippen molar-refractivity contribution in [3.63, 3.8) is 0 Å². The zero-order chi connectivity index (χ0) is 17.7. The Hall–Kier alpha value is -1.85. The van der Waals surface area contributed by atoms with Crippen LogP contribution in [0.3, 0.4) is 0 Å². The number of likely N-dealkylation sites (N-methyl/N-ethyl adjacent to an activating group) is 1. The summed E-state index contributed by atoms with van der Waals surface area (Å²) in [5, 5.41) is 3.03. The van der Waals surface area contributed by atoms with Crippen molar-refractivity contribution in [2.75, 3.05) is 39.6 Å². The SMILES string of the molecule is CN(C)c1ccc([C@@H](CNC(=O)c2cccc(Br)c2)N(C)C)cc1. The maximum absolute atomic E-state index is 12.3. The Morgan fingerprint density at radius 3 is 2.29 bits per heavy atom. The van der Waals surface area contributed by atoms with E-state index >= 15 is 0 Å². The Morgan fingerprint density at radius 2 is 1.75 bits per heavy atom. The molecule has 0 heterocycles. The predicted molar refractivity (Wildman–Crippen MR) is 104 cm³/mol. The first-order chi connectivity index (χ1) is 11.4. The molecule has 0 aliphatic carbocycles. The summed E-state index contributed by atoms with van der Waals surface area (Å²) in [5.41, 5.74) is 3.00. The molecule has 0 unspecified atom stereocenters. The molecule has 5 heteroatoms. The zero-order valence-electron chi connectivity index (χ0n) is 14.6. The van der Waals surface area contributed by atoms with Crippen molar-refractivity contribution < 1.29 is 4.79 Å². The number of hydrogen-bond donors (Lipinski definition) is 1. The molecule has 0 saturated carbocycles. The van der Waals surface area contributed by atoms with E-state index in [1.807, 2.05) is 52.5 Å². The summed E-state index contributed by atoms with van der Waals surface area (Å²) in [6.07, 6.45) is 0. The number of rotatable bonds is 6. The van der Waals surface area contributed by atoms with E-state index in [9.17, 15) is 4.79 Å². The van der Waals surface area contributed by atoms with Gasteiger partial charge in [0.15, 0.2) is 0 Å². The molecule has 1 N–H and O–H groups in total. The van der Waals surface area contributed by atoms with Gasteiger partial charge in [0.05, 0.1) is 6.04 Å². The van der Waals surface area contributed by atoms with Crippen LogP contribution >= 0.6 is 15.9 Å². The second-order valence-corrected chi connectivity index (χ2v) is 7.10. The van der Waals surface area contributed by atoms with E-state index in [-0.39, 0.29) is 11.9 Å². The Morgan fingerprint density at radius 1 is 1.08 bits per heavy atom. The third-order valence-corrected chi connectivity index (χ3v) is 4.45. The van der Waals surface area contributed by atoms with Crippen LogP contribution in [0.2, 0.25) is 0 Å². The van der Waals surface area contributed by atoms with Crippen molar-refractivity contribution >= 4 is 27.5 Å². The molecule has 2 aromatic carbocycles. The maximum Gasteiger partial charge on any atom is 0.251 e. The lowest BCUT2D eigenvalue weighted by Gasteiger charge is -2.26. The van der Waals surface area contributed by atoms with Crippen LogP contribution in [0.4, 0.5) is 5.69 Å². The van der Waals surface area contributed by atoms with E-state index in [0.29, 0.717) is 12.1 Å². The Labute approximate surface area is 152 Å². The van der Waals surface area contributed by atoms with Crippen LogP contribution in [0.1, 0.15) is 22.0 Å². The monoisotopic (exact) mass is 389 g/mol. The van der Waals surface area contributed by atoms with Crippen molar-refractivity contribution in [2.24, 2.45) is 0 Å². The fourth-order valence-corrected chi connectivity index (χ4v) is 2.91. The lowest BCUT2D eigenvalue weighted by Crippen LogP contribution is -2.34. The van der Waals surface area contributed by atoms with Crippen LogP contribution in [0.25, 0.3) is 0 Å². The van der Waals surface area contributed by atoms with E-state index in [1.165, 1.54) is 5.56 Å². The van der Waals surface area contributed by atoms with E-state index in [2.05, 4.69) is 55.3 Å². The van der Waals surface area contributed by atoms with Gasteiger partial charge in [0, 0.05) is 36.4 Å². The number of anilines is 1. The summed E-state index contributed by atoms with van der Waals surface area (Å²) in [7, 11) is 8.10. The number of hydrogen-bond acceptors (Lipinski definition) is 3. The number of amides is 1. The van der Waals surface area contributed by atoms with E-state index < -0.39 is 0 Å². The highest BCUT2D eigenvalue weighted by atomic mass is 79.9. The minimum Gasteiger partial charge on any atom is -0.378 e. The van der Waals surface area contributed by atoms with Gasteiger partial charge in [-0.3, -0.25) is 4.79 Å². The molecule has 2 aromatic rings. The minimum atomic E-state index is -0.0620. The lowest BCUT2D eigenvalue weighted by molar-refractivity contribution is 0.0942. The topological polar surface area (TPSA) is 35.6 Å². The van der Waals surface area contributed by atoms with Gasteiger partial charge >= 0.3 is 0 Å². The molecule has 128 valence electrons. The van der Waals surface area contributed by atoms with Crippen molar-refractivity contribution in [1.82, 2.24) is 10.2 Å². The molecule has 1 atom stereocenters. The van der Waals surface area contributed by atoms with E-state index in [1.54, 1.807) is 0 Å². The average Bonchev–Trinajstić information content (AvgIpc) is 2.55. The predicted octanol–water partition coefficient (Wildman–Crippen LogP) is 3.55. The number of nitrogens with zero attached hydrogens (tertiary/aromatic N) is 2. The molecule has 0 bridgehead atoms. The number of benzene rings is 2.